The lowest BCUT2D eigenvalue weighted by Crippen LogP contribution is -2.01. The molecule has 5 heteroatoms. The first-order valence-corrected chi connectivity index (χ1v) is 7.18. The maximum atomic E-state index is 6.13. The van der Waals surface area contributed by atoms with E-state index in [1.165, 1.54) is 0 Å². The zero-order valence-corrected chi connectivity index (χ0v) is 13.2. The molecule has 0 saturated heterocycles. The Balaban J connectivity index is 2.11. The van der Waals surface area contributed by atoms with Gasteiger partial charge in [-0.05, 0) is 23.3 Å². The molecular formula is C15H14Cl3NO. The van der Waals surface area contributed by atoms with Crippen LogP contribution in [0.5, 0.6) is 0 Å². The lowest BCUT2D eigenvalue weighted by molar-refractivity contribution is 0.185. The molecular weight excluding hydrogens is 317 g/mol. The third-order valence-electron chi connectivity index (χ3n) is 2.78. The van der Waals surface area contributed by atoms with Crippen LogP contribution in [0, 0.1) is 0 Å². The Morgan fingerprint density at radius 3 is 2.30 bits per heavy atom. The van der Waals surface area contributed by atoms with E-state index in [0.717, 1.165) is 11.1 Å². The maximum absolute atomic E-state index is 6.13. The van der Waals surface area contributed by atoms with E-state index in [4.69, 9.17) is 39.5 Å². The molecule has 2 rings (SSSR count). The molecule has 2 aromatic rings. The van der Waals surface area contributed by atoms with Crippen LogP contribution in [-0.2, 0) is 17.9 Å². The second kappa shape index (κ2) is 7.19. The first kappa shape index (κ1) is 15.5. The van der Waals surface area contributed by atoms with Crippen molar-refractivity contribution in [2.75, 3.05) is 12.4 Å². The van der Waals surface area contributed by atoms with E-state index in [-0.39, 0.29) is 0 Å². The minimum absolute atomic E-state index is 0.510. The van der Waals surface area contributed by atoms with Gasteiger partial charge in [0.2, 0.25) is 0 Å². The highest BCUT2D eigenvalue weighted by atomic mass is 35.5. The summed E-state index contributed by atoms with van der Waals surface area (Å²) in [5.41, 5.74) is 2.94. The van der Waals surface area contributed by atoms with Crippen molar-refractivity contribution < 1.29 is 4.74 Å². The fraction of sp³-hybridized carbons (Fsp3) is 0.200. The van der Waals surface area contributed by atoms with Crippen molar-refractivity contribution in [2.45, 2.75) is 13.2 Å². The van der Waals surface area contributed by atoms with Crippen LogP contribution in [0.25, 0.3) is 0 Å². The molecule has 0 heterocycles. The van der Waals surface area contributed by atoms with E-state index in [9.17, 15) is 0 Å². The normalized spacial score (nSPS) is 10.6. The molecule has 1 N–H and O–H groups in total. The molecule has 20 heavy (non-hydrogen) atoms. The van der Waals surface area contributed by atoms with Crippen molar-refractivity contribution in [3.8, 4) is 0 Å². The number of halogens is 3. The molecule has 0 aromatic heterocycles. The average molecular weight is 331 g/mol. The summed E-state index contributed by atoms with van der Waals surface area (Å²) in [4.78, 5) is 0. The highest BCUT2D eigenvalue weighted by Crippen LogP contribution is 2.33. The highest BCUT2D eigenvalue weighted by Gasteiger charge is 2.07. The predicted octanol–water partition coefficient (Wildman–Crippen LogP) is 5.41. The van der Waals surface area contributed by atoms with Crippen LogP contribution >= 0.6 is 34.8 Å². The number of methoxy groups -OCH3 is 1. The molecule has 2 nitrogen and oxygen atoms in total. The third-order valence-corrected chi connectivity index (χ3v) is 3.59. The van der Waals surface area contributed by atoms with Crippen molar-refractivity contribution >= 4 is 40.5 Å². The zero-order valence-electron chi connectivity index (χ0n) is 10.9. The molecule has 0 amide bonds. The molecule has 0 fully saturated rings. The van der Waals surface area contributed by atoms with Gasteiger partial charge in [0.1, 0.15) is 0 Å². The van der Waals surface area contributed by atoms with Gasteiger partial charge in [-0.1, -0.05) is 59.1 Å². The average Bonchev–Trinajstić information content (AvgIpc) is 2.38. The molecule has 0 unspecified atom stereocenters. The van der Waals surface area contributed by atoms with E-state index in [2.05, 4.69) is 11.4 Å². The molecule has 0 bridgehead atoms. The Hall–Kier alpha value is -0.930. The lowest BCUT2D eigenvalue weighted by atomic mass is 10.1. The van der Waals surface area contributed by atoms with Crippen LogP contribution in [0.2, 0.25) is 15.1 Å². The number of benzene rings is 2. The van der Waals surface area contributed by atoms with E-state index in [1.54, 1.807) is 19.2 Å². The molecule has 2 aromatic carbocycles. The molecule has 0 radical (unpaired) electrons. The van der Waals surface area contributed by atoms with E-state index < -0.39 is 0 Å². The smallest absolute Gasteiger partial charge is 0.0722 e. The van der Waals surface area contributed by atoms with Crippen LogP contribution < -0.4 is 5.32 Å². The van der Waals surface area contributed by atoms with E-state index in [1.807, 2.05) is 18.2 Å². The quantitative estimate of drug-likeness (QED) is 0.792. The molecule has 106 valence electrons. The highest BCUT2D eigenvalue weighted by molar-refractivity contribution is 6.41. The lowest BCUT2D eigenvalue weighted by Gasteiger charge is -2.11. The Morgan fingerprint density at radius 2 is 1.65 bits per heavy atom. The summed E-state index contributed by atoms with van der Waals surface area (Å²) >= 11 is 18.1. The van der Waals surface area contributed by atoms with Gasteiger partial charge in [-0.15, -0.1) is 0 Å². The standard InChI is InChI=1S/C15H14Cl3NO/c1-20-9-11-4-2-3-10(5-11)8-19-15-13(17)6-12(16)7-14(15)18/h2-7,19H,8-9H2,1H3. The minimum Gasteiger partial charge on any atom is -0.380 e. The number of nitrogens with one attached hydrogen (secondary N) is 1. The predicted molar refractivity (Wildman–Crippen MR) is 86.0 cm³/mol. The monoisotopic (exact) mass is 329 g/mol. The third kappa shape index (κ3) is 4.03. The van der Waals surface area contributed by atoms with Gasteiger partial charge in [0.05, 0.1) is 22.3 Å². The first-order chi connectivity index (χ1) is 9.60. The van der Waals surface area contributed by atoms with Crippen molar-refractivity contribution in [3.63, 3.8) is 0 Å². The fourth-order valence-corrected chi connectivity index (χ4v) is 2.85. The van der Waals surface area contributed by atoms with Crippen molar-refractivity contribution in [1.82, 2.24) is 0 Å². The maximum Gasteiger partial charge on any atom is 0.0722 e. The van der Waals surface area contributed by atoms with E-state index in [0.29, 0.717) is 33.9 Å². The van der Waals surface area contributed by atoms with Crippen LogP contribution in [0.1, 0.15) is 11.1 Å². The summed E-state index contributed by atoms with van der Waals surface area (Å²) < 4.78 is 5.12. The summed E-state index contributed by atoms with van der Waals surface area (Å²) in [7, 11) is 1.68. The first-order valence-electron chi connectivity index (χ1n) is 6.05. The van der Waals surface area contributed by atoms with Gasteiger partial charge < -0.3 is 10.1 Å². The zero-order chi connectivity index (χ0) is 14.5. The summed E-state index contributed by atoms with van der Waals surface area (Å²) in [5, 5.41) is 4.77. The van der Waals surface area contributed by atoms with Gasteiger partial charge in [-0.25, -0.2) is 0 Å². The van der Waals surface area contributed by atoms with Gasteiger partial charge in [-0.3, -0.25) is 0 Å². The number of rotatable bonds is 5. The Kier molecular flexibility index (Phi) is 5.55. The van der Waals surface area contributed by atoms with Gasteiger partial charge >= 0.3 is 0 Å². The van der Waals surface area contributed by atoms with E-state index >= 15 is 0 Å². The largest absolute Gasteiger partial charge is 0.380 e. The summed E-state index contributed by atoms with van der Waals surface area (Å²) in [6, 6.07) is 11.5. The van der Waals surface area contributed by atoms with Crippen molar-refractivity contribution in [2.24, 2.45) is 0 Å². The molecule has 0 atom stereocenters. The second-order valence-corrected chi connectivity index (χ2v) is 5.60. The molecule has 0 spiro atoms. The van der Waals surface area contributed by atoms with Gasteiger partial charge in [0, 0.05) is 18.7 Å². The van der Waals surface area contributed by atoms with Crippen molar-refractivity contribution in [3.05, 3.63) is 62.6 Å². The van der Waals surface area contributed by atoms with Gasteiger partial charge in [0.25, 0.3) is 0 Å². The van der Waals surface area contributed by atoms with Crippen molar-refractivity contribution in [1.29, 1.82) is 0 Å². The Bertz CT molecular complexity index is 578. The summed E-state index contributed by atoms with van der Waals surface area (Å²) in [5.74, 6) is 0. The van der Waals surface area contributed by atoms with Crippen LogP contribution in [-0.4, -0.2) is 7.11 Å². The number of hydrogen-bond donors (Lipinski definition) is 1. The minimum atomic E-state index is 0.510. The molecule has 0 aliphatic carbocycles. The summed E-state index contributed by atoms with van der Waals surface area (Å²) in [6.07, 6.45) is 0. The number of hydrogen-bond acceptors (Lipinski definition) is 2. The number of anilines is 1. The topological polar surface area (TPSA) is 21.3 Å². The van der Waals surface area contributed by atoms with Gasteiger partial charge in [-0.2, -0.15) is 0 Å². The molecule has 0 aliphatic heterocycles. The summed E-state index contributed by atoms with van der Waals surface area (Å²) in [6.45, 7) is 1.22. The Labute approximate surface area is 133 Å². The van der Waals surface area contributed by atoms with Crippen LogP contribution in [0.4, 0.5) is 5.69 Å². The van der Waals surface area contributed by atoms with Crippen LogP contribution in [0.3, 0.4) is 0 Å². The second-order valence-electron chi connectivity index (χ2n) is 4.35. The van der Waals surface area contributed by atoms with Gasteiger partial charge in [0.15, 0.2) is 0 Å². The van der Waals surface area contributed by atoms with Crippen LogP contribution in [0.15, 0.2) is 36.4 Å². The SMILES string of the molecule is COCc1cccc(CNc2c(Cl)cc(Cl)cc2Cl)c1. The molecule has 0 saturated carbocycles. The Morgan fingerprint density at radius 1 is 1.00 bits per heavy atom. The number of ether oxygens (including phenoxy) is 1. The molecule has 0 aliphatic rings. The fourth-order valence-electron chi connectivity index (χ4n) is 1.90.